The Bertz CT molecular complexity index is 459. The minimum absolute atomic E-state index is 0.0266. The van der Waals surface area contributed by atoms with Gasteiger partial charge in [-0.2, -0.15) is 0 Å². The molecule has 1 amide bonds. The Hall–Kier alpha value is -1.42. The van der Waals surface area contributed by atoms with E-state index in [-0.39, 0.29) is 17.8 Å². The van der Waals surface area contributed by atoms with Gasteiger partial charge in [-0.3, -0.25) is 4.79 Å². The van der Waals surface area contributed by atoms with Gasteiger partial charge in [0.15, 0.2) is 0 Å². The normalized spacial score (nSPS) is 30.6. The topological polar surface area (TPSA) is 32.3 Å². The molecular formula is C14H17FN2O. The molecule has 2 saturated heterocycles. The van der Waals surface area contributed by atoms with Crippen molar-refractivity contribution in [2.24, 2.45) is 5.92 Å². The lowest BCUT2D eigenvalue weighted by molar-refractivity contribution is 0.0682. The van der Waals surface area contributed by atoms with E-state index < -0.39 is 0 Å². The fourth-order valence-corrected chi connectivity index (χ4v) is 3.26. The quantitative estimate of drug-likeness (QED) is 0.819. The molecule has 3 unspecified atom stereocenters. The number of hydrogen-bond donors (Lipinski definition) is 1. The number of nitrogens with one attached hydrogen (secondary N) is 1. The molecule has 3 rings (SSSR count). The number of nitrogens with zero attached hydrogens (tertiary/aromatic N) is 1. The van der Waals surface area contributed by atoms with Gasteiger partial charge in [0.25, 0.3) is 5.91 Å². The van der Waals surface area contributed by atoms with Gasteiger partial charge in [0.05, 0.1) is 0 Å². The van der Waals surface area contributed by atoms with E-state index in [0.717, 1.165) is 19.5 Å². The fraction of sp³-hybridized carbons (Fsp3) is 0.500. The molecule has 0 aromatic heterocycles. The van der Waals surface area contributed by atoms with Crippen molar-refractivity contribution in [2.45, 2.75) is 25.4 Å². The van der Waals surface area contributed by atoms with Crippen LogP contribution in [0.2, 0.25) is 0 Å². The van der Waals surface area contributed by atoms with E-state index in [0.29, 0.717) is 17.5 Å². The summed E-state index contributed by atoms with van der Waals surface area (Å²) in [6.45, 7) is 3.98. The Morgan fingerprint density at radius 1 is 1.33 bits per heavy atom. The third-order valence-corrected chi connectivity index (χ3v) is 4.11. The second-order valence-corrected chi connectivity index (χ2v) is 5.29. The molecule has 2 fully saturated rings. The number of halogens is 1. The molecule has 4 heteroatoms. The summed E-state index contributed by atoms with van der Waals surface area (Å²) in [6.07, 6.45) is 1.06. The molecule has 18 heavy (non-hydrogen) atoms. The molecule has 2 aliphatic rings. The van der Waals surface area contributed by atoms with E-state index in [9.17, 15) is 9.18 Å². The molecule has 0 aliphatic carbocycles. The molecule has 0 bridgehead atoms. The summed E-state index contributed by atoms with van der Waals surface area (Å²) in [7, 11) is 0. The molecule has 0 spiro atoms. The Morgan fingerprint density at radius 3 is 2.78 bits per heavy atom. The predicted octanol–water partition coefficient (Wildman–Crippen LogP) is 1.65. The number of carbonyl (C=O) groups is 1. The summed E-state index contributed by atoms with van der Waals surface area (Å²) >= 11 is 0. The van der Waals surface area contributed by atoms with Gasteiger partial charge < -0.3 is 10.2 Å². The van der Waals surface area contributed by atoms with Crippen molar-refractivity contribution in [3.8, 4) is 0 Å². The standard InChI is InChI=1S/C14H17FN2O/c1-9-6-11-7-16-8-13(11)17(9)14(18)10-2-4-12(15)5-3-10/h2-5,9,11,13,16H,6-8H2,1H3. The van der Waals surface area contributed by atoms with Crippen molar-refractivity contribution in [1.29, 1.82) is 0 Å². The monoisotopic (exact) mass is 248 g/mol. The first kappa shape index (κ1) is 11.7. The largest absolute Gasteiger partial charge is 0.331 e. The highest BCUT2D eigenvalue weighted by atomic mass is 19.1. The number of rotatable bonds is 1. The zero-order chi connectivity index (χ0) is 12.7. The van der Waals surface area contributed by atoms with Gasteiger partial charge in [-0.1, -0.05) is 0 Å². The first-order valence-corrected chi connectivity index (χ1v) is 6.46. The van der Waals surface area contributed by atoms with Crippen molar-refractivity contribution in [3.05, 3.63) is 35.6 Å². The van der Waals surface area contributed by atoms with E-state index in [4.69, 9.17) is 0 Å². The van der Waals surface area contributed by atoms with Crippen LogP contribution >= 0.6 is 0 Å². The third-order valence-electron chi connectivity index (χ3n) is 4.11. The Kier molecular flexibility index (Phi) is 2.82. The molecule has 0 saturated carbocycles. The number of likely N-dealkylation sites (tertiary alicyclic amines) is 1. The summed E-state index contributed by atoms with van der Waals surface area (Å²) in [6, 6.07) is 6.41. The van der Waals surface area contributed by atoms with E-state index >= 15 is 0 Å². The van der Waals surface area contributed by atoms with E-state index in [1.54, 1.807) is 12.1 Å². The van der Waals surface area contributed by atoms with E-state index in [1.165, 1.54) is 12.1 Å². The Morgan fingerprint density at radius 2 is 2.06 bits per heavy atom. The van der Waals surface area contributed by atoms with Crippen molar-refractivity contribution >= 4 is 5.91 Å². The highest BCUT2D eigenvalue weighted by molar-refractivity contribution is 5.94. The lowest BCUT2D eigenvalue weighted by atomic mass is 10.0. The van der Waals surface area contributed by atoms with Gasteiger partial charge in [0, 0.05) is 30.7 Å². The second-order valence-electron chi connectivity index (χ2n) is 5.29. The van der Waals surface area contributed by atoms with Crippen LogP contribution in [0.15, 0.2) is 24.3 Å². The van der Waals surface area contributed by atoms with Gasteiger partial charge >= 0.3 is 0 Å². The summed E-state index contributed by atoms with van der Waals surface area (Å²) in [5, 5.41) is 3.34. The van der Waals surface area contributed by atoms with Crippen molar-refractivity contribution in [1.82, 2.24) is 10.2 Å². The van der Waals surface area contributed by atoms with Crippen LogP contribution in [0.3, 0.4) is 0 Å². The zero-order valence-corrected chi connectivity index (χ0v) is 10.4. The maximum atomic E-state index is 12.9. The van der Waals surface area contributed by atoms with Crippen LogP contribution in [-0.4, -0.2) is 36.0 Å². The average molecular weight is 248 g/mol. The van der Waals surface area contributed by atoms with Crippen LogP contribution in [0.4, 0.5) is 4.39 Å². The van der Waals surface area contributed by atoms with Crippen LogP contribution in [-0.2, 0) is 0 Å². The molecular weight excluding hydrogens is 231 g/mol. The summed E-state index contributed by atoms with van der Waals surface area (Å²) in [5.41, 5.74) is 0.579. The lowest BCUT2D eigenvalue weighted by Gasteiger charge is -2.27. The molecule has 2 aliphatic heterocycles. The minimum atomic E-state index is -0.304. The molecule has 96 valence electrons. The number of fused-ring (bicyclic) bond motifs is 1. The van der Waals surface area contributed by atoms with Gasteiger partial charge in [-0.25, -0.2) is 4.39 Å². The Labute approximate surface area is 106 Å². The maximum Gasteiger partial charge on any atom is 0.254 e. The van der Waals surface area contributed by atoms with Crippen LogP contribution in [0, 0.1) is 11.7 Å². The first-order chi connectivity index (χ1) is 8.66. The van der Waals surface area contributed by atoms with Crippen molar-refractivity contribution < 1.29 is 9.18 Å². The number of hydrogen-bond acceptors (Lipinski definition) is 2. The van der Waals surface area contributed by atoms with E-state index in [2.05, 4.69) is 12.2 Å². The molecule has 2 heterocycles. The predicted molar refractivity (Wildman–Crippen MR) is 66.8 cm³/mol. The van der Waals surface area contributed by atoms with Crippen LogP contribution < -0.4 is 5.32 Å². The molecule has 1 aromatic carbocycles. The molecule has 1 N–H and O–H groups in total. The number of carbonyl (C=O) groups excluding carboxylic acids is 1. The first-order valence-electron chi connectivity index (χ1n) is 6.46. The van der Waals surface area contributed by atoms with Gasteiger partial charge in [0.2, 0.25) is 0 Å². The zero-order valence-electron chi connectivity index (χ0n) is 10.4. The third kappa shape index (κ3) is 1.81. The Balaban J connectivity index is 1.85. The van der Waals surface area contributed by atoms with Crippen molar-refractivity contribution in [2.75, 3.05) is 13.1 Å². The highest BCUT2D eigenvalue weighted by Crippen LogP contribution is 2.33. The fourth-order valence-electron chi connectivity index (χ4n) is 3.26. The number of amides is 1. The van der Waals surface area contributed by atoms with Crippen molar-refractivity contribution in [3.63, 3.8) is 0 Å². The molecule has 0 radical (unpaired) electrons. The minimum Gasteiger partial charge on any atom is -0.331 e. The lowest BCUT2D eigenvalue weighted by Crippen LogP contribution is -2.42. The van der Waals surface area contributed by atoms with Gasteiger partial charge in [-0.05, 0) is 43.5 Å². The summed E-state index contributed by atoms with van der Waals surface area (Å²) < 4.78 is 12.9. The summed E-state index contributed by atoms with van der Waals surface area (Å²) in [4.78, 5) is 14.5. The molecule has 3 nitrogen and oxygen atoms in total. The SMILES string of the molecule is CC1CC2CNCC2N1C(=O)c1ccc(F)cc1. The maximum absolute atomic E-state index is 12.9. The van der Waals surface area contributed by atoms with Gasteiger partial charge in [0.1, 0.15) is 5.82 Å². The summed E-state index contributed by atoms with van der Waals surface area (Å²) in [5.74, 6) is 0.296. The van der Waals surface area contributed by atoms with E-state index in [1.807, 2.05) is 4.90 Å². The van der Waals surface area contributed by atoms with Crippen LogP contribution in [0.5, 0.6) is 0 Å². The van der Waals surface area contributed by atoms with Crippen LogP contribution in [0.1, 0.15) is 23.7 Å². The number of benzene rings is 1. The highest BCUT2D eigenvalue weighted by Gasteiger charge is 2.44. The molecule has 1 aromatic rings. The molecule has 3 atom stereocenters. The smallest absolute Gasteiger partial charge is 0.254 e. The average Bonchev–Trinajstić information content (AvgIpc) is 2.89. The second kappa shape index (κ2) is 4.35. The van der Waals surface area contributed by atoms with Gasteiger partial charge in [-0.15, -0.1) is 0 Å². The van der Waals surface area contributed by atoms with Crippen LogP contribution in [0.25, 0.3) is 0 Å².